The van der Waals surface area contributed by atoms with E-state index >= 15 is 0 Å². The number of hydrogen-bond acceptors (Lipinski definition) is 2. The average Bonchev–Trinajstić information content (AvgIpc) is 2.83. The summed E-state index contributed by atoms with van der Waals surface area (Å²) in [4.78, 5) is 15.5. The van der Waals surface area contributed by atoms with Crippen LogP contribution in [0.25, 0.3) is 16.9 Å². The van der Waals surface area contributed by atoms with Gasteiger partial charge in [0.1, 0.15) is 11.3 Å². The highest BCUT2D eigenvalue weighted by atomic mass is 19.2. The molecule has 0 atom stereocenters. The van der Waals surface area contributed by atoms with Gasteiger partial charge in [-0.15, -0.1) is 0 Å². The molecule has 0 saturated heterocycles. The first-order chi connectivity index (χ1) is 10.4. The second-order valence-corrected chi connectivity index (χ2v) is 4.77. The van der Waals surface area contributed by atoms with Crippen LogP contribution < -0.4 is 0 Å². The summed E-state index contributed by atoms with van der Waals surface area (Å²) in [6.45, 7) is 1.78. The first kappa shape index (κ1) is 14.1. The van der Waals surface area contributed by atoms with Crippen LogP contribution in [0.15, 0.2) is 30.5 Å². The van der Waals surface area contributed by atoms with Gasteiger partial charge in [0.25, 0.3) is 0 Å². The molecule has 4 nitrogen and oxygen atoms in total. The van der Waals surface area contributed by atoms with Gasteiger partial charge < -0.3 is 5.11 Å². The smallest absolute Gasteiger partial charge is 0.355 e. The number of aromatic nitrogens is 2. The Balaban J connectivity index is 2.38. The van der Waals surface area contributed by atoms with Gasteiger partial charge in [0.2, 0.25) is 0 Å². The predicted octanol–water partition coefficient (Wildman–Crippen LogP) is 3.43. The Labute approximate surface area is 122 Å². The van der Waals surface area contributed by atoms with Gasteiger partial charge in [-0.25, -0.2) is 22.9 Å². The fraction of sp³-hybridized carbons (Fsp3) is 0.0667. The molecule has 2 aromatic heterocycles. The standard InChI is InChI=1S/C15H9F3N2O2/c1-7-4-5-20-10(6-7)19-13(14(20)15(21)22)8-2-3-9(16)12(18)11(8)17/h2-6H,1H3,(H,21,22). The molecule has 0 aliphatic rings. The number of carbonyl (C=O) groups is 1. The van der Waals surface area contributed by atoms with Crippen molar-refractivity contribution in [3.05, 3.63) is 59.2 Å². The number of nitrogens with zero attached hydrogens (tertiary/aromatic N) is 2. The molecule has 0 bridgehead atoms. The number of fused-ring (bicyclic) bond motifs is 1. The summed E-state index contributed by atoms with van der Waals surface area (Å²) in [6.07, 6.45) is 1.47. The molecule has 0 aliphatic heterocycles. The van der Waals surface area contributed by atoms with Gasteiger partial charge in [-0.05, 0) is 36.8 Å². The zero-order valence-electron chi connectivity index (χ0n) is 11.3. The third-order valence-electron chi connectivity index (χ3n) is 3.27. The van der Waals surface area contributed by atoms with Crippen LogP contribution in [0, 0.1) is 24.4 Å². The SMILES string of the molecule is Cc1ccn2c(C(=O)O)c(-c3ccc(F)c(F)c3F)nc2c1. The fourth-order valence-electron chi connectivity index (χ4n) is 2.25. The first-order valence-corrected chi connectivity index (χ1v) is 6.26. The van der Waals surface area contributed by atoms with Gasteiger partial charge >= 0.3 is 5.97 Å². The largest absolute Gasteiger partial charge is 0.476 e. The molecular formula is C15H9F3N2O2. The third-order valence-corrected chi connectivity index (χ3v) is 3.27. The number of aromatic carboxylic acids is 1. The molecule has 1 N–H and O–H groups in total. The van der Waals surface area contributed by atoms with Crippen molar-refractivity contribution in [3.8, 4) is 11.3 Å². The Bertz CT molecular complexity index is 919. The van der Waals surface area contributed by atoms with E-state index in [9.17, 15) is 23.1 Å². The summed E-state index contributed by atoms with van der Waals surface area (Å²) >= 11 is 0. The summed E-state index contributed by atoms with van der Waals surface area (Å²) in [5, 5.41) is 9.35. The number of aryl methyl sites for hydroxylation is 1. The van der Waals surface area contributed by atoms with Crippen molar-refractivity contribution in [2.75, 3.05) is 0 Å². The summed E-state index contributed by atoms with van der Waals surface area (Å²) in [7, 11) is 0. The molecule has 0 amide bonds. The fourth-order valence-corrected chi connectivity index (χ4v) is 2.25. The average molecular weight is 306 g/mol. The number of benzene rings is 1. The third kappa shape index (κ3) is 2.02. The molecule has 3 rings (SSSR count). The van der Waals surface area contributed by atoms with Gasteiger partial charge in [-0.2, -0.15) is 0 Å². The van der Waals surface area contributed by atoms with E-state index in [1.165, 1.54) is 10.6 Å². The van der Waals surface area contributed by atoms with E-state index < -0.39 is 29.0 Å². The maximum atomic E-state index is 13.9. The van der Waals surface area contributed by atoms with Crippen LogP contribution in [-0.2, 0) is 0 Å². The minimum atomic E-state index is -1.66. The second kappa shape index (κ2) is 4.87. The Hall–Kier alpha value is -2.83. The quantitative estimate of drug-likeness (QED) is 0.738. The van der Waals surface area contributed by atoms with E-state index in [1.807, 2.05) is 0 Å². The highest BCUT2D eigenvalue weighted by Gasteiger charge is 2.24. The highest BCUT2D eigenvalue weighted by molar-refractivity contribution is 5.94. The van der Waals surface area contributed by atoms with Crippen LogP contribution >= 0.6 is 0 Å². The van der Waals surface area contributed by atoms with Crippen LogP contribution in [0.5, 0.6) is 0 Å². The van der Waals surface area contributed by atoms with E-state index in [4.69, 9.17) is 0 Å². The second-order valence-electron chi connectivity index (χ2n) is 4.77. The number of imidazole rings is 1. The number of halogens is 3. The molecule has 0 spiro atoms. The van der Waals surface area contributed by atoms with Crippen molar-refractivity contribution in [3.63, 3.8) is 0 Å². The molecule has 0 unspecified atom stereocenters. The summed E-state index contributed by atoms with van der Waals surface area (Å²) in [5.41, 5.74) is 0.121. The molecule has 2 heterocycles. The van der Waals surface area contributed by atoms with E-state index in [1.54, 1.807) is 19.1 Å². The number of rotatable bonds is 2. The van der Waals surface area contributed by atoms with Crippen molar-refractivity contribution >= 4 is 11.6 Å². The molecule has 3 aromatic rings. The summed E-state index contributed by atoms with van der Waals surface area (Å²) in [6, 6.07) is 4.96. The van der Waals surface area contributed by atoms with Gasteiger partial charge in [-0.1, -0.05) is 0 Å². The van der Waals surface area contributed by atoms with E-state index in [0.29, 0.717) is 0 Å². The maximum absolute atomic E-state index is 13.9. The molecule has 1 aromatic carbocycles. The van der Waals surface area contributed by atoms with Crippen LogP contribution in [0.4, 0.5) is 13.2 Å². The van der Waals surface area contributed by atoms with Gasteiger partial charge in [-0.3, -0.25) is 4.40 Å². The predicted molar refractivity (Wildman–Crippen MR) is 72.2 cm³/mol. The minimum Gasteiger partial charge on any atom is -0.476 e. The summed E-state index contributed by atoms with van der Waals surface area (Å²) in [5.74, 6) is -5.84. The van der Waals surface area contributed by atoms with Crippen LogP contribution in [0.3, 0.4) is 0 Å². The molecule has 0 saturated carbocycles. The van der Waals surface area contributed by atoms with Gasteiger partial charge in [0.05, 0.1) is 0 Å². The van der Waals surface area contributed by atoms with Gasteiger partial charge in [0, 0.05) is 11.8 Å². The number of hydrogen-bond donors (Lipinski definition) is 1. The van der Waals surface area contributed by atoms with Crippen molar-refractivity contribution < 1.29 is 23.1 Å². The Morgan fingerprint density at radius 1 is 1.18 bits per heavy atom. The lowest BCUT2D eigenvalue weighted by atomic mass is 10.1. The Morgan fingerprint density at radius 3 is 2.59 bits per heavy atom. The zero-order valence-corrected chi connectivity index (χ0v) is 11.3. The van der Waals surface area contributed by atoms with E-state index in [0.717, 1.165) is 17.7 Å². The lowest BCUT2D eigenvalue weighted by Crippen LogP contribution is -2.05. The van der Waals surface area contributed by atoms with Crippen molar-refractivity contribution in [2.24, 2.45) is 0 Å². The molecule has 0 fully saturated rings. The maximum Gasteiger partial charge on any atom is 0.355 e. The Kier molecular flexibility index (Phi) is 3.13. The van der Waals surface area contributed by atoms with Gasteiger partial charge in [0.15, 0.2) is 23.1 Å². The molecule has 7 heteroatoms. The van der Waals surface area contributed by atoms with E-state index in [-0.39, 0.29) is 17.0 Å². The normalized spacial score (nSPS) is 11.1. The topological polar surface area (TPSA) is 54.6 Å². The molecular weight excluding hydrogens is 297 g/mol. The summed E-state index contributed by atoms with van der Waals surface area (Å²) < 4.78 is 41.6. The molecule has 0 aliphatic carbocycles. The minimum absolute atomic E-state index is 0.255. The number of carboxylic acid groups (broad SMARTS) is 1. The molecule has 0 radical (unpaired) electrons. The van der Waals surface area contributed by atoms with Crippen LogP contribution in [0.2, 0.25) is 0 Å². The molecule has 112 valence electrons. The first-order valence-electron chi connectivity index (χ1n) is 6.26. The number of pyridine rings is 1. The Morgan fingerprint density at radius 2 is 1.91 bits per heavy atom. The molecule has 22 heavy (non-hydrogen) atoms. The van der Waals surface area contributed by atoms with Crippen LogP contribution in [0.1, 0.15) is 16.1 Å². The highest BCUT2D eigenvalue weighted by Crippen LogP contribution is 2.29. The van der Waals surface area contributed by atoms with Crippen molar-refractivity contribution in [2.45, 2.75) is 6.92 Å². The zero-order chi connectivity index (χ0) is 16.0. The van der Waals surface area contributed by atoms with Crippen LogP contribution in [-0.4, -0.2) is 20.5 Å². The number of carboxylic acids is 1. The monoisotopic (exact) mass is 306 g/mol. The lowest BCUT2D eigenvalue weighted by Gasteiger charge is -2.03. The van der Waals surface area contributed by atoms with Crippen molar-refractivity contribution in [1.82, 2.24) is 9.38 Å². The van der Waals surface area contributed by atoms with E-state index in [2.05, 4.69) is 4.98 Å². The lowest BCUT2D eigenvalue weighted by molar-refractivity contribution is 0.0690. The van der Waals surface area contributed by atoms with Crippen molar-refractivity contribution in [1.29, 1.82) is 0 Å².